The second-order valence-corrected chi connectivity index (χ2v) is 14.2. The predicted octanol–water partition coefficient (Wildman–Crippen LogP) is 1.07. The number of nitrogens with zero attached hydrogens (tertiary/aromatic N) is 3. The number of allylic oxidation sites excluding steroid dienone is 1. The molecular formula is C18H28N4O4Si. The summed E-state index contributed by atoms with van der Waals surface area (Å²) >= 11 is 0. The van der Waals surface area contributed by atoms with E-state index in [-0.39, 0.29) is 35.1 Å². The summed E-state index contributed by atoms with van der Waals surface area (Å²) in [7, 11) is -1.99. The van der Waals surface area contributed by atoms with E-state index in [4.69, 9.17) is 4.43 Å². The molecule has 0 aliphatic carbocycles. The predicted molar refractivity (Wildman–Crippen MR) is 103 cm³/mol. The first-order valence-corrected chi connectivity index (χ1v) is 12.4. The molecule has 1 N–H and O–H groups in total. The number of H-pyrrole nitrogens is 1. The van der Waals surface area contributed by atoms with Crippen molar-refractivity contribution in [2.24, 2.45) is 5.92 Å². The van der Waals surface area contributed by atoms with Gasteiger partial charge in [0.2, 0.25) is 5.91 Å². The molecule has 0 unspecified atom stereocenters. The van der Waals surface area contributed by atoms with Crippen LogP contribution in [-0.2, 0) is 15.8 Å². The van der Waals surface area contributed by atoms with E-state index in [9.17, 15) is 14.4 Å². The third-order valence-corrected chi connectivity index (χ3v) is 11.4. The molecule has 3 aliphatic heterocycles. The molecule has 1 aromatic rings. The fraction of sp³-hybridized carbons (Fsp3) is 0.722. The van der Waals surface area contributed by atoms with Gasteiger partial charge in [-0.3, -0.25) is 9.78 Å². The van der Waals surface area contributed by atoms with Crippen LogP contribution in [0.5, 0.6) is 0 Å². The van der Waals surface area contributed by atoms with Crippen LogP contribution >= 0.6 is 0 Å². The van der Waals surface area contributed by atoms with Crippen LogP contribution in [-0.4, -0.2) is 52.2 Å². The zero-order chi connectivity index (χ0) is 19.9. The molecule has 148 valence electrons. The van der Waals surface area contributed by atoms with Gasteiger partial charge in [-0.05, 0) is 30.6 Å². The fourth-order valence-corrected chi connectivity index (χ4v) is 5.83. The van der Waals surface area contributed by atoms with E-state index < -0.39 is 19.7 Å². The van der Waals surface area contributed by atoms with Gasteiger partial charge in [-0.2, -0.15) is 0 Å². The largest absolute Gasteiger partial charge is 0.413 e. The van der Waals surface area contributed by atoms with Crippen molar-refractivity contribution in [2.45, 2.75) is 70.6 Å². The molecule has 1 aromatic heterocycles. The summed E-state index contributed by atoms with van der Waals surface area (Å²) in [6.07, 6.45) is 1.83. The number of β-lactam (4-membered cyclic amide) rings is 1. The van der Waals surface area contributed by atoms with Crippen molar-refractivity contribution in [3.63, 3.8) is 0 Å². The van der Waals surface area contributed by atoms with Crippen LogP contribution in [0.4, 0.5) is 0 Å². The number of amides is 1. The van der Waals surface area contributed by atoms with Gasteiger partial charge in [0.05, 0.1) is 30.7 Å². The highest BCUT2D eigenvalue weighted by Crippen LogP contribution is 2.48. The van der Waals surface area contributed by atoms with E-state index in [1.807, 2.05) is 17.9 Å². The van der Waals surface area contributed by atoms with E-state index >= 15 is 0 Å². The molecule has 3 aliphatic rings. The Morgan fingerprint density at radius 2 is 1.89 bits per heavy atom. The number of carbonyl (C=O) groups is 1. The maximum atomic E-state index is 12.8. The SMILES string of the molecule is C[C@@H](O[Si](C)(C)C(C)(C)C)[C@H]1C(=O)N2C[C@@H]3C(=CCn4c(=O)[nH]c(=O)n43)[C@H]12. The molecule has 4 atom stereocenters. The van der Waals surface area contributed by atoms with Gasteiger partial charge < -0.3 is 9.33 Å². The molecule has 0 spiro atoms. The topological polar surface area (TPSA) is 89.3 Å². The molecule has 0 radical (unpaired) electrons. The summed E-state index contributed by atoms with van der Waals surface area (Å²) < 4.78 is 9.38. The summed E-state index contributed by atoms with van der Waals surface area (Å²) in [5.74, 6) is -0.137. The molecule has 1 amide bonds. The summed E-state index contributed by atoms with van der Waals surface area (Å²) in [5.41, 5.74) is 0.251. The highest BCUT2D eigenvalue weighted by Gasteiger charge is 2.59. The van der Waals surface area contributed by atoms with E-state index in [0.717, 1.165) is 5.57 Å². The zero-order valence-corrected chi connectivity index (χ0v) is 17.8. The van der Waals surface area contributed by atoms with Gasteiger partial charge in [0, 0.05) is 6.54 Å². The summed E-state index contributed by atoms with van der Waals surface area (Å²) in [6, 6.07) is -0.294. The molecule has 2 fully saturated rings. The third-order valence-electron chi connectivity index (χ3n) is 6.84. The molecule has 27 heavy (non-hydrogen) atoms. The maximum absolute atomic E-state index is 12.8. The molecule has 0 saturated carbocycles. The first kappa shape index (κ1) is 18.5. The highest BCUT2D eigenvalue weighted by atomic mass is 28.4. The Morgan fingerprint density at radius 1 is 1.22 bits per heavy atom. The summed E-state index contributed by atoms with van der Waals surface area (Å²) in [5, 5.41) is 0.0740. The van der Waals surface area contributed by atoms with Gasteiger partial charge in [0.1, 0.15) is 0 Å². The minimum Gasteiger partial charge on any atom is -0.413 e. The number of hydrogen-bond acceptors (Lipinski definition) is 4. The van der Waals surface area contributed by atoms with Crippen LogP contribution < -0.4 is 11.4 Å². The monoisotopic (exact) mass is 392 g/mol. The minimum atomic E-state index is -1.99. The van der Waals surface area contributed by atoms with Crippen molar-refractivity contribution >= 4 is 14.2 Å². The maximum Gasteiger partial charge on any atom is 0.345 e. The molecule has 4 rings (SSSR count). The number of aromatic amines is 1. The van der Waals surface area contributed by atoms with Crippen LogP contribution in [0, 0.1) is 5.92 Å². The Kier molecular flexibility index (Phi) is 3.81. The Balaban J connectivity index is 1.61. The number of fused-ring (bicyclic) bond motifs is 5. The Bertz CT molecular complexity index is 948. The van der Waals surface area contributed by atoms with E-state index in [2.05, 4.69) is 38.8 Å². The molecule has 9 heteroatoms. The summed E-state index contributed by atoms with van der Waals surface area (Å²) in [4.78, 5) is 41.1. The number of rotatable bonds is 3. The first-order valence-electron chi connectivity index (χ1n) is 9.54. The van der Waals surface area contributed by atoms with E-state index in [1.165, 1.54) is 9.36 Å². The van der Waals surface area contributed by atoms with Crippen LogP contribution in [0.3, 0.4) is 0 Å². The average molecular weight is 393 g/mol. The van der Waals surface area contributed by atoms with Crippen LogP contribution in [0.25, 0.3) is 0 Å². The molecule has 4 heterocycles. The Morgan fingerprint density at radius 3 is 2.52 bits per heavy atom. The highest BCUT2D eigenvalue weighted by molar-refractivity contribution is 6.74. The minimum absolute atomic E-state index is 0.0343. The van der Waals surface area contributed by atoms with E-state index in [0.29, 0.717) is 13.1 Å². The van der Waals surface area contributed by atoms with E-state index in [1.54, 1.807) is 0 Å². The molecular weight excluding hydrogens is 364 g/mol. The van der Waals surface area contributed by atoms with Crippen LogP contribution in [0.2, 0.25) is 18.1 Å². The number of nitrogens with one attached hydrogen (secondary N) is 1. The Hall–Kier alpha value is -1.87. The molecule has 0 bridgehead atoms. The van der Waals surface area contributed by atoms with Crippen LogP contribution in [0.1, 0.15) is 33.7 Å². The van der Waals surface area contributed by atoms with Crippen molar-refractivity contribution in [1.82, 2.24) is 19.2 Å². The normalized spacial score (nSPS) is 28.2. The van der Waals surface area contributed by atoms with Crippen molar-refractivity contribution in [3.8, 4) is 0 Å². The lowest BCUT2D eigenvalue weighted by Crippen LogP contribution is -2.63. The molecule has 8 nitrogen and oxygen atoms in total. The number of hydrogen-bond donors (Lipinski definition) is 1. The number of carbonyl (C=O) groups excluding carboxylic acids is 1. The lowest BCUT2D eigenvalue weighted by atomic mass is 9.81. The summed E-state index contributed by atoms with van der Waals surface area (Å²) in [6.45, 7) is 13.7. The second-order valence-electron chi connectivity index (χ2n) is 9.43. The van der Waals surface area contributed by atoms with Crippen molar-refractivity contribution in [2.75, 3.05) is 6.54 Å². The van der Waals surface area contributed by atoms with Gasteiger partial charge in [0.15, 0.2) is 8.32 Å². The standard InChI is InChI=1S/C18H28N4O4Si/c1-10(26-27(5,6)18(2,3)4)13-14-11-7-8-21-16(24)19-17(25)22(21)12(11)9-20(14)15(13)23/h7,10,12-14H,8-9H2,1-6H3,(H,19,24,25)/t10-,12-,13-,14-/m1/s1. The van der Waals surface area contributed by atoms with Gasteiger partial charge in [-0.15, -0.1) is 0 Å². The van der Waals surface area contributed by atoms with Crippen molar-refractivity contribution in [1.29, 1.82) is 0 Å². The molecule has 2 saturated heterocycles. The Labute approximate surface area is 158 Å². The smallest absolute Gasteiger partial charge is 0.345 e. The fourth-order valence-electron chi connectivity index (χ4n) is 4.40. The second kappa shape index (κ2) is 5.57. The van der Waals surface area contributed by atoms with Crippen molar-refractivity contribution < 1.29 is 9.22 Å². The van der Waals surface area contributed by atoms with Gasteiger partial charge in [0.25, 0.3) is 0 Å². The van der Waals surface area contributed by atoms with Crippen LogP contribution in [0.15, 0.2) is 21.2 Å². The van der Waals surface area contributed by atoms with Gasteiger partial charge in [-0.25, -0.2) is 19.0 Å². The quantitative estimate of drug-likeness (QED) is 0.473. The lowest BCUT2D eigenvalue weighted by molar-refractivity contribution is -0.156. The van der Waals surface area contributed by atoms with Crippen molar-refractivity contribution in [3.05, 3.63) is 32.6 Å². The first-order chi connectivity index (χ1) is 12.4. The average Bonchev–Trinajstić information content (AvgIpc) is 3.01. The third kappa shape index (κ3) is 2.47. The van der Waals surface area contributed by atoms with Gasteiger partial charge in [-0.1, -0.05) is 26.8 Å². The molecule has 0 aromatic carbocycles. The zero-order valence-electron chi connectivity index (χ0n) is 16.8. The lowest BCUT2D eigenvalue weighted by Gasteiger charge is -2.48. The number of aromatic nitrogens is 3. The van der Waals surface area contributed by atoms with Gasteiger partial charge >= 0.3 is 11.4 Å².